The smallest absolute Gasteiger partial charge is 0.310 e. The molecule has 3 heterocycles. The number of esters is 1. The summed E-state index contributed by atoms with van der Waals surface area (Å²) >= 11 is 5.44. The fourth-order valence-electron chi connectivity index (χ4n) is 6.13. The summed E-state index contributed by atoms with van der Waals surface area (Å²) in [5.74, 6) is -1.65. The van der Waals surface area contributed by atoms with E-state index in [0.29, 0.717) is 32.5 Å². The molecule has 0 saturated carbocycles. The molecule has 0 aromatic carbocycles. The molecule has 3 fully saturated rings. The van der Waals surface area contributed by atoms with E-state index in [4.69, 9.17) is 9.84 Å². The number of thioether (sulfide) groups is 1. The van der Waals surface area contributed by atoms with Crippen molar-refractivity contribution in [3.05, 3.63) is 25.3 Å². The van der Waals surface area contributed by atoms with Gasteiger partial charge in [-0.2, -0.15) is 0 Å². The second-order valence-electron chi connectivity index (χ2n) is 11.3. The maximum Gasteiger partial charge on any atom is 0.310 e. The van der Waals surface area contributed by atoms with Gasteiger partial charge in [-0.05, 0) is 52.9 Å². The van der Waals surface area contributed by atoms with Crippen LogP contribution in [0.2, 0.25) is 0 Å². The molecule has 208 valence electrons. The standard InChI is InChI=1S/C28H43BrN2O5S/c1-6-8-13-17-36-26(35)20-21-24(33)30(15-11-9-10-12-16-32)23(28(21)18-19(29)22(20)37-28)25(34)31(14-7-2)27(3,4)5/h6-7,19-23,32H,1-2,8-18H2,3-5H3/t19?,20-,21-,22-,23?,28?/m0/s1. The highest BCUT2D eigenvalue weighted by Crippen LogP contribution is 2.68. The molecule has 3 aliphatic rings. The summed E-state index contributed by atoms with van der Waals surface area (Å²) in [5, 5.41) is 9.01. The van der Waals surface area contributed by atoms with Crippen LogP contribution >= 0.6 is 27.7 Å². The van der Waals surface area contributed by atoms with E-state index < -0.39 is 28.2 Å². The number of fused-ring (bicyclic) bond motifs is 1. The Morgan fingerprint density at radius 1 is 1.22 bits per heavy atom. The summed E-state index contributed by atoms with van der Waals surface area (Å²) < 4.78 is 4.98. The van der Waals surface area contributed by atoms with Crippen molar-refractivity contribution in [3.8, 4) is 0 Å². The van der Waals surface area contributed by atoms with Gasteiger partial charge in [0.05, 0.1) is 23.2 Å². The Balaban J connectivity index is 1.95. The number of alkyl halides is 1. The van der Waals surface area contributed by atoms with Crippen LogP contribution in [0.15, 0.2) is 25.3 Å². The minimum atomic E-state index is -0.673. The number of ether oxygens (including phenoxy) is 1. The predicted octanol–water partition coefficient (Wildman–Crippen LogP) is 4.33. The number of allylic oxidation sites excluding steroid dienone is 1. The van der Waals surface area contributed by atoms with Gasteiger partial charge in [0, 0.05) is 35.3 Å². The SMILES string of the molecule is C=CCCCOC(=O)[C@H]1[C@H]2C(=O)N(CCCCCCO)C(C(=O)N(CC=C)C(C)(C)C)C23CC(Br)[C@@H]1S3. The lowest BCUT2D eigenvalue weighted by Crippen LogP contribution is -2.59. The zero-order valence-electron chi connectivity index (χ0n) is 22.5. The number of rotatable bonds is 14. The number of hydrogen-bond donors (Lipinski definition) is 1. The van der Waals surface area contributed by atoms with Gasteiger partial charge in [0.25, 0.3) is 0 Å². The highest BCUT2D eigenvalue weighted by atomic mass is 79.9. The van der Waals surface area contributed by atoms with Crippen LogP contribution < -0.4 is 0 Å². The average Bonchev–Trinajstić information content (AvgIpc) is 3.42. The van der Waals surface area contributed by atoms with Gasteiger partial charge in [-0.15, -0.1) is 24.9 Å². The Bertz CT molecular complexity index is 877. The van der Waals surface area contributed by atoms with E-state index >= 15 is 0 Å². The van der Waals surface area contributed by atoms with Crippen LogP contribution in [0, 0.1) is 11.8 Å². The monoisotopic (exact) mass is 598 g/mol. The van der Waals surface area contributed by atoms with E-state index in [1.54, 1.807) is 28.8 Å². The average molecular weight is 600 g/mol. The molecular formula is C28H43BrN2O5S. The van der Waals surface area contributed by atoms with E-state index in [-0.39, 0.29) is 34.5 Å². The first-order valence-electron chi connectivity index (χ1n) is 13.5. The van der Waals surface area contributed by atoms with Crippen LogP contribution in [0.5, 0.6) is 0 Å². The predicted molar refractivity (Wildman–Crippen MR) is 152 cm³/mol. The number of halogens is 1. The zero-order valence-corrected chi connectivity index (χ0v) is 24.9. The molecule has 3 rings (SSSR count). The third-order valence-corrected chi connectivity index (χ3v) is 11.0. The summed E-state index contributed by atoms with van der Waals surface area (Å²) in [5.41, 5.74) is -0.450. The second kappa shape index (κ2) is 12.7. The molecule has 1 spiro atoms. The normalized spacial score (nSPS) is 30.4. The Kier molecular flexibility index (Phi) is 10.4. The molecule has 0 radical (unpaired) electrons. The first-order valence-corrected chi connectivity index (χ1v) is 15.3. The number of likely N-dealkylation sites (tertiary alicyclic amines) is 1. The largest absolute Gasteiger partial charge is 0.465 e. The van der Waals surface area contributed by atoms with Crippen LogP contribution in [0.25, 0.3) is 0 Å². The highest BCUT2D eigenvalue weighted by molar-refractivity contribution is 9.09. The lowest BCUT2D eigenvalue weighted by atomic mass is 9.71. The van der Waals surface area contributed by atoms with Crippen LogP contribution in [-0.2, 0) is 19.1 Å². The van der Waals surface area contributed by atoms with Crippen LogP contribution in [0.3, 0.4) is 0 Å². The van der Waals surface area contributed by atoms with Gasteiger partial charge in [-0.25, -0.2) is 0 Å². The number of hydrogen-bond acceptors (Lipinski definition) is 6. The zero-order chi connectivity index (χ0) is 27.4. The minimum Gasteiger partial charge on any atom is -0.465 e. The molecule has 0 aromatic heterocycles. The molecule has 2 amide bonds. The molecular weight excluding hydrogens is 556 g/mol. The second-order valence-corrected chi connectivity index (χ2v) is 14.1. The van der Waals surface area contributed by atoms with E-state index in [9.17, 15) is 14.4 Å². The van der Waals surface area contributed by atoms with Crippen molar-refractivity contribution in [2.24, 2.45) is 11.8 Å². The van der Waals surface area contributed by atoms with Gasteiger partial charge in [-0.3, -0.25) is 14.4 Å². The molecule has 9 heteroatoms. The van der Waals surface area contributed by atoms with Gasteiger partial charge in [0.15, 0.2) is 0 Å². The van der Waals surface area contributed by atoms with Gasteiger partial charge in [0.2, 0.25) is 11.8 Å². The molecule has 3 unspecified atom stereocenters. The fraction of sp³-hybridized carbons (Fsp3) is 0.750. The number of nitrogens with zero attached hydrogens (tertiary/aromatic N) is 2. The maximum atomic E-state index is 14.3. The summed E-state index contributed by atoms with van der Waals surface area (Å²) in [6.45, 7) is 14.9. The third kappa shape index (κ3) is 5.98. The topological polar surface area (TPSA) is 87.1 Å². The third-order valence-electron chi connectivity index (χ3n) is 7.79. The van der Waals surface area contributed by atoms with Crippen LogP contribution in [0.4, 0.5) is 0 Å². The van der Waals surface area contributed by atoms with Crippen molar-refractivity contribution in [2.75, 3.05) is 26.3 Å². The lowest BCUT2D eigenvalue weighted by molar-refractivity contribution is -0.154. The van der Waals surface area contributed by atoms with Crippen molar-refractivity contribution in [2.45, 2.75) is 92.1 Å². The summed E-state index contributed by atoms with van der Waals surface area (Å²) in [6.07, 6.45) is 8.85. The van der Waals surface area contributed by atoms with E-state index in [1.165, 1.54) is 0 Å². The molecule has 3 saturated heterocycles. The van der Waals surface area contributed by atoms with E-state index in [2.05, 4.69) is 29.1 Å². The quantitative estimate of drug-likeness (QED) is 0.139. The van der Waals surface area contributed by atoms with Crippen LogP contribution in [-0.4, -0.2) is 85.4 Å². The molecule has 6 atom stereocenters. The van der Waals surface area contributed by atoms with Gasteiger partial charge in [0.1, 0.15) is 6.04 Å². The maximum absolute atomic E-state index is 14.3. The Morgan fingerprint density at radius 3 is 2.54 bits per heavy atom. The first-order chi connectivity index (χ1) is 17.5. The van der Waals surface area contributed by atoms with Gasteiger partial charge >= 0.3 is 5.97 Å². The number of unbranched alkanes of at least 4 members (excludes halogenated alkanes) is 4. The molecule has 0 aromatic rings. The van der Waals surface area contributed by atoms with Crippen molar-refractivity contribution in [1.29, 1.82) is 0 Å². The minimum absolute atomic E-state index is 0.0228. The van der Waals surface area contributed by atoms with E-state index in [1.807, 2.05) is 25.7 Å². The molecule has 37 heavy (non-hydrogen) atoms. The number of carbonyl (C=O) groups excluding carboxylic acids is 3. The van der Waals surface area contributed by atoms with Crippen molar-refractivity contribution in [3.63, 3.8) is 0 Å². The Morgan fingerprint density at radius 2 is 1.92 bits per heavy atom. The lowest BCUT2D eigenvalue weighted by Gasteiger charge is -2.42. The first kappa shape index (κ1) is 30.2. The summed E-state index contributed by atoms with van der Waals surface area (Å²) in [7, 11) is 0. The number of amides is 2. The molecule has 3 aliphatic heterocycles. The van der Waals surface area contributed by atoms with Crippen molar-refractivity contribution in [1.82, 2.24) is 9.80 Å². The molecule has 1 N–H and O–H groups in total. The summed E-state index contributed by atoms with van der Waals surface area (Å²) in [6, 6.07) is -0.643. The molecule has 7 nitrogen and oxygen atoms in total. The number of carbonyl (C=O) groups is 3. The fourth-order valence-corrected chi connectivity index (χ4v) is 9.73. The Hall–Kier alpha value is -1.32. The summed E-state index contributed by atoms with van der Waals surface area (Å²) in [4.78, 5) is 45.4. The van der Waals surface area contributed by atoms with Crippen molar-refractivity contribution >= 4 is 45.5 Å². The van der Waals surface area contributed by atoms with Gasteiger partial charge in [-0.1, -0.05) is 40.9 Å². The molecule has 2 bridgehead atoms. The Labute approximate surface area is 234 Å². The highest BCUT2D eigenvalue weighted by Gasteiger charge is 2.76. The van der Waals surface area contributed by atoms with Crippen LogP contribution in [0.1, 0.15) is 65.7 Å². The van der Waals surface area contributed by atoms with E-state index in [0.717, 1.165) is 32.1 Å². The molecule has 0 aliphatic carbocycles. The van der Waals surface area contributed by atoms with Gasteiger partial charge < -0.3 is 19.6 Å². The van der Waals surface area contributed by atoms with Crippen molar-refractivity contribution < 1.29 is 24.2 Å². The number of aliphatic hydroxyl groups excluding tert-OH is 1. The number of aliphatic hydroxyl groups is 1.